The molecule has 2 heteroatoms. The number of carbonyl (C=O) groups excluding carboxylic acids is 1. The molecule has 0 saturated heterocycles. The molecular weight excluding hydrogens is 368 g/mol. The van der Waals surface area contributed by atoms with Gasteiger partial charge in [-0.1, -0.05) is 53.7 Å². The van der Waals surface area contributed by atoms with Crippen LogP contribution < -0.4 is 0 Å². The van der Waals surface area contributed by atoms with Crippen LogP contribution in [-0.4, -0.2) is 17.0 Å². The van der Waals surface area contributed by atoms with E-state index in [4.69, 9.17) is 0 Å². The maximum atomic E-state index is 12.1. The lowest BCUT2D eigenvalue weighted by molar-refractivity contribution is -0.119. The van der Waals surface area contributed by atoms with Crippen LogP contribution in [0.5, 0.6) is 0 Å². The van der Waals surface area contributed by atoms with Gasteiger partial charge in [0.25, 0.3) is 0 Å². The molecule has 0 bridgehead atoms. The van der Waals surface area contributed by atoms with Crippen LogP contribution in [0.4, 0.5) is 0 Å². The van der Waals surface area contributed by atoms with E-state index in [-0.39, 0.29) is 11.2 Å². The highest BCUT2D eigenvalue weighted by Crippen LogP contribution is 2.67. The highest BCUT2D eigenvalue weighted by atomic mass is 16.3. The average Bonchev–Trinajstić information content (AvgIpc) is 3.04. The second-order valence-electron chi connectivity index (χ2n) is 12.2. The van der Waals surface area contributed by atoms with Crippen LogP contribution in [0.25, 0.3) is 0 Å². The molecule has 0 spiro atoms. The Morgan fingerprint density at radius 1 is 1.03 bits per heavy atom. The quantitative estimate of drug-likeness (QED) is 0.529. The molecule has 4 aliphatic carbocycles. The van der Waals surface area contributed by atoms with E-state index in [9.17, 15) is 9.90 Å². The normalized spacial score (nSPS) is 45.7. The van der Waals surface area contributed by atoms with Gasteiger partial charge in [0.2, 0.25) is 0 Å². The first-order valence-corrected chi connectivity index (χ1v) is 12.7. The third kappa shape index (κ3) is 3.46. The lowest BCUT2D eigenvalue weighted by Gasteiger charge is -2.59. The zero-order valence-corrected chi connectivity index (χ0v) is 20.2. The van der Waals surface area contributed by atoms with Crippen molar-refractivity contribution in [3.63, 3.8) is 0 Å². The molecule has 2 nitrogen and oxygen atoms in total. The summed E-state index contributed by atoms with van der Waals surface area (Å²) in [6, 6.07) is 0. The molecule has 0 aromatic rings. The van der Waals surface area contributed by atoms with E-state index in [2.05, 4.69) is 53.7 Å². The molecule has 3 fully saturated rings. The lowest BCUT2D eigenvalue weighted by atomic mass is 9.46. The molecule has 0 unspecified atom stereocenters. The Morgan fingerprint density at radius 3 is 2.47 bits per heavy atom. The highest BCUT2D eigenvalue weighted by Gasteiger charge is 2.60. The summed E-state index contributed by atoms with van der Waals surface area (Å²) in [5.74, 6) is 4.93. The van der Waals surface area contributed by atoms with Gasteiger partial charge in [0.05, 0.1) is 6.10 Å². The van der Waals surface area contributed by atoms with Gasteiger partial charge < -0.3 is 5.11 Å². The third-order valence-electron chi connectivity index (χ3n) is 10.5. The van der Waals surface area contributed by atoms with Crippen LogP contribution in [0.3, 0.4) is 0 Å². The van der Waals surface area contributed by atoms with Gasteiger partial charge >= 0.3 is 0 Å². The average molecular weight is 413 g/mol. The fourth-order valence-electron chi connectivity index (χ4n) is 8.22. The molecule has 0 aromatic heterocycles. The summed E-state index contributed by atoms with van der Waals surface area (Å²) in [7, 11) is 0. The molecule has 4 aliphatic rings. The summed E-state index contributed by atoms with van der Waals surface area (Å²) in [6.45, 7) is 14.3. The number of carbonyl (C=O) groups is 1. The Hall–Kier alpha value is -0.890. The Labute approximate surface area is 184 Å². The van der Waals surface area contributed by atoms with E-state index < -0.39 is 6.10 Å². The van der Waals surface area contributed by atoms with Crippen molar-refractivity contribution in [2.45, 2.75) is 92.6 Å². The molecule has 3 saturated carbocycles. The van der Waals surface area contributed by atoms with Crippen molar-refractivity contribution < 1.29 is 9.90 Å². The minimum absolute atomic E-state index is 0.0356. The molecule has 0 aromatic carbocycles. The number of rotatable bonds is 4. The maximum Gasteiger partial charge on any atom is 0.155 e. The number of fused-ring (bicyclic) bond motifs is 5. The Bertz CT molecular complexity index is 733. The topological polar surface area (TPSA) is 37.3 Å². The summed E-state index contributed by atoms with van der Waals surface area (Å²) in [6.07, 6.45) is 14.1. The monoisotopic (exact) mass is 412 g/mol. The molecule has 0 heterocycles. The summed E-state index contributed by atoms with van der Waals surface area (Å²) in [4.78, 5) is 12.1. The highest BCUT2D eigenvalue weighted by molar-refractivity contribution is 5.91. The first kappa shape index (κ1) is 22.3. The first-order valence-electron chi connectivity index (χ1n) is 12.7. The number of hydrogen-bond donors (Lipinski definition) is 1. The van der Waals surface area contributed by atoms with Gasteiger partial charge in [-0.25, -0.2) is 0 Å². The van der Waals surface area contributed by atoms with Gasteiger partial charge in [-0.2, -0.15) is 0 Å². The van der Waals surface area contributed by atoms with Gasteiger partial charge in [-0.3, -0.25) is 4.79 Å². The summed E-state index contributed by atoms with van der Waals surface area (Å²) < 4.78 is 0. The summed E-state index contributed by atoms with van der Waals surface area (Å²) in [5, 5.41) is 11.1. The molecule has 30 heavy (non-hydrogen) atoms. The molecule has 0 amide bonds. The van der Waals surface area contributed by atoms with Gasteiger partial charge in [0.15, 0.2) is 5.78 Å². The molecule has 0 radical (unpaired) electrons. The van der Waals surface area contributed by atoms with Crippen molar-refractivity contribution in [1.29, 1.82) is 0 Å². The smallest absolute Gasteiger partial charge is 0.155 e. The lowest BCUT2D eigenvalue weighted by Crippen LogP contribution is -2.54. The Kier molecular flexibility index (Phi) is 5.88. The van der Waals surface area contributed by atoms with Crippen LogP contribution in [0.1, 0.15) is 86.5 Å². The van der Waals surface area contributed by atoms with E-state index in [1.165, 1.54) is 25.7 Å². The number of hydrogen-bond acceptors (Lipinski definition) is 2. The summed E-state index contributed by atoms with van der Waals surface area (Å²) >= 11 is 0. The van der Waals surface area contributed by atoms with Crippen molar-refractivity contribution in [3.05, 3.63) is 23.8 Å². The van der Waals surface area contributed by atoms with Crippen molar-refractivity contribution >= 4 is 5.78 Å². The molecular formula is C28H44O2. The van der Waals surface area contributed by atoms with E-state index in [1.807, 2.05) is 6.08 Å². The van der Waals surface area contributed by atoms with E-state index in [0.29, 0.717) is 41.4 Å². The number of ketones is 1. The van der Waals surface area contributed by atoms with Crippen molar-refractivity contribution in [2.75, 3.05) is 0 Å². The maximum absolute atomic E-state index is 12.1. The fourth-order valence-corrected chi connectivity index (χ4v) is 8.22. The van der Waals surface area contributed by atoms with Crippen LogP contribution >= 0.6 is 0 Å². The number of allylic oxidation sites excluding steroid dienone is 2. The molecule has 9 atom stereocenters. The standard InChI is InChI=1S/C28H44O2/c1-17(2)18(3)7-8-19(4)22-9-10-23-21-16-26(30)25-15-20(29)11-13-28(25,6)24(21)12-14-27(22,23)5/h7-8,15,17-19,21-24,26,30H,9-14,16H2,1-6H3/b8-7+/t18-,19-,21+,22-,23+,24+,26+,27-,28-/m1/s1. The van der Waals surface area contributed by atoms with E-state index in [0.717, 1.165) is 30.3 Å². The van der Waals surface area contributed by atoms with Crippen LogP contribution in [0.2, 0.25) is 0 Å². The molecule has 168 valence electrons. The SMILES string of the molecule is CC(C)[C@H](C)/C=C/[C@@H](C)[C@H]1CC[C@H]2[C@@H]3C[C@H](O)C4=CC(=O)CC[C@]4(C)[C@H]3CC[C@]12C. The third-order valence-corrected chi connectivity index (χ3v) is 10.5. The van der Waals surface area contributed by atoms with Gasteiger partial charge in [-0.15, -0.1) is 0 Å². The van der Waals surface area contributed by atoms with E-state index >= 15 is 0 Å². The number of aliphatic hydroxyl groups excluding tert-OH is 1. The zero-order valence-electron chi connectivity index (χ0n) is 20.2. The van der Waals surface area contributed by atoms with E-state index in [1.54, 1.807) is 0 Å². The van der Waals surface area contributed by atoms with Crippen LogP contribution in [-0.2, 0) is 4.79 Å². The minimum atomic E-state index is -0.411. The van der Waals surface area contributed by atoms with Gasteiger partial charge in [-0.05, 0) is 102 Å². The van der Waals surface area contributed by atoms with Gasteiger partial charge in [0, 0.05) is 6.42 Å². The second-order valence-corrected chi connectivity index (χ2v) is 12.2. The van der Waals surface area contributed by atoms with Gasteiger partial charge in [0.1, 0.15) is 0 Å². The zero-order chi connectivity index (χ0) is 21.8. The van der Waals surface area contributed by atoms with Crippen molar-refractivity contribution in [2.24, 2.45) is 52.3 Å². The molecule has 0 aliphatic heterocycles. The van der Waals surface area contributed by atoms with Crippen LogP contribution in [0, 0.1) is 52.3 Å². The second kappa shape index (κ2) is 7.91. The predicted molar refractivity (Wildman–Crippen MR) is 124 cm³/mol. The van der Waals surface area contributed by atoms with Crippen molar-refractivity contribution in [3.8, 4) is 0 Å². The fraction of sp³-hybridized carbons (Fsp3) is 0.821. The Morgan fingerprint density at radius 2 is 1.77 bits per heavy atom. The summed E-state index contributed by atoms with van der Waals surface area (Å²) in [5.41, 5.74) is 1.50. The minimum Gasteiger partial charge on any atom is -0.389 e. The number of aliphatic hydroxyl groups is 1. The molecule has 4 rings (SSSR count). The van der Waals surface area contributed by atoms with Crippen LogP contribution in [0.15, 0.2) is 23.8 Å². The predicted octanol–water partition coefficient (Wildman–Crippen LogP) is 6.59. The Balaban J connectivity index is 1.56. The van der Waals surface area contributed by atoms with Crippen molar-refractivity contribution in [1.82, 2.24) is 0 Å². The first-order chi connectivity index (χ1) is 14.1. The molecule has 1 N–H and O–H groups in total. The largest absolute Gasteiger partial charge is 0.389 e.